The van der Waals surface area contributed by atoms with Crippen molar-refractivity contribution in [3.63, 3.8) is 0 Å². The van der Waals surface area contributed by atoms with Crippen LogP contribution in [0.3, 0.4) is 0 Å². The van der Waals surface area contributed by atoms with Crippen LogP contribution in [0.5, 0.6) is 0 Å². The number of aromatic nitrogens is 1. The zero-order valence-corrected chi connectivity index (χ0v) is 12.2. The molecule has 1 saturated heterocycles. The van der Waals surface area contributed by atoms with E-state index < -0.39 is 0 Å². The molecule has 0 aliphatic carbocycles. The predicted octanol–water partition coefficient (Wildman–Crippen LogP) is 1.70. The standard InChI is InChI=1S/C14H18N4OS/c1-18-7-3-4-9(18)8-17-13(19)12-11(15)10-5-2-6-16-14(10)20-12/h2,5-6,9H,3-4,7-8,15H2,1H3,(H,17,19). The molecule has 1 fully saturated rings. The average Bonchev–Trinajstić information content (AvgIpc) is 3.01. The highest BCUT2D eigenvalue weighted by Crippen LogP contribution is 2.31. The van der Waals surface area contributed by atoms with E-state index in [4.69, 9.17) is 5.73 Å². The topological polar surface area (TPSA) is 71.2 Å². The van der Waals surface area contributed by atoms with Crippen LogP contribution in [0.2, 0.25) is 0 Å². The van der Waals surface area contributed by atoms with E-state index in [1.54, 1.807) is 6.20 Å². The maximum atomic E-state index is 12.3. The van der Waals surface area contributed by atoms with E-state index in [1.165, 1.54) is 17.8 Å². The van der Waals surface area contributed by atoms with Crippen molar-refractivity contribution in [2.75, 3.05) is 25.9 Å². The molecule has 0 aromatic carbocycles. The van der Waals surface area contributed by atoms with Crippen molar-refractivity contribution in [1.29, 1.82) is 0 Å². The molecule has 0 spiro atoms. The summed E-state index contributed by atoms with van der Waals surface area (Å²) < 4.78 is 0. The summed E-state index contributed by atoms with van der Waals surface area (Å²) in [6, 6.07) is 4.17. The Balaban J connectivity index is 1.74. The summed E-state index contributed by atoms with van der Waals surface area (Å²) in [7, 11) is 2.10. The number of nitrogens with zero attached hydrogens (tertiary/aromatic N) is 2. The molecular formula is C14H18N4OS. The Morgan fingerprint density at radius 2 is 2.50 bits per heavy atom. The van der Waals surface area contributed by atoms with E-state index in [1.807, 2.05) is 12.1 Å². The SMILES string of the molecule is CN1CCCC1CNC(=O)c1sc2ncccc2c1N. The van der Waals surface area contributed by atoms with Gasteiger partial charge in [-0.15, -0.1) is 11.3 Å². The van der Waals surface area contributed by atoms with Crippen LogP contribution < -0.4 is 11.1 Å². The van der Waals surface area contributed by atoms with Crippen LogP contribution in [-0.2, 0) is 0 Å². The van der Waals surface area contributed by atoms with Crippen LogP contribution >= 0.6 is 11.3 Å². The second kappa shape index (κ2) is 5.38. The third-order valence-electron chi connectivity index (χ3n) is 3.88. The third-order valence-corrected chi connectivity index (χ3v) is 5.01. The van der Waals surface area contributed by atoms with Crippen molar-refractivity contribution in [2.24, 2.45) is 0 Å². The molecule has 0 radical (unpaired) electrons. The Morgan fingerprint density at radius 3 is 3.20 bits per heavy atom. The van der Waals surface area contributed by atoms with Crippen molar-refractivity contribution < 1.29 is 4.79 Å². The van der Waals surface area contributed by atoms with E-state index in [0.29, 0.717) is 23.2 Å². The number of nitrogens with one attached hydrogen (secondary N) is 1. The first-order chi connectivity index (χ1) is 9.66. The number of likely N-dealkylation sites (N-methyl/N-ethyl adjacent to an activating group) is 1. The largest absolute Gasteiger partial charge is 0.397 e. The van der Waals surface area contributed by atoms with Gasteiger partial charge in [0.15, 0.2) is 0 Å². The summed E-state index contributed by atoms with van der Waals surface area (Å²) in [4.78, 5) is 20.2. The lowest BCUT2D eigenvalue weighted by atomic mass is 10.2. The van der Waals surface area contributed by atoms with Gasteiger partial charge >= 0.3 is 0 Å². The first-order valence-corrected chi connectivity index (χ1v) is 7.60. The fourth-order valence-corrected chi connectivity index (χ4v) is 3.63. The van der Waals surface area contributed by atoms with Gasteiger partial charge in [-0.2, -0.15) is 0 Å². The third kappa shape index (κ3) is 2.36. The molecule has 1 unspecified atom stereocenters. The van der Waals surface area contributed by atoms with Gasteiger partial charge in [0.25, 0.3) is 5.91 Å². The van der Waals surface area contributed by atoms with Gasteiger partial charge in [0.05, 0.1) is 5.69 Å². The molecule has 1 aliphatic rings. The smallest absolute Gasteiger partial charge is 0.263 e. The summed E-state index contributed by atoms with van der Waals surface area (Å²) in [6.45, 7) is 1.78. The summed E-state index contributed by atoms with van der Waals surface area (Å²) in [5.74, 6) is -0.0919. The van der Waals surface area contributed by atoms with Crippen molar-refractivity contribution in [3.8, 4) is 0 Å². The Hall–Kier alpha value is -1.66. The van der Waals surface area contributed by atoms with E-state index in [-0.39, 0.29) is 5.91 Å². The minimum absolute atomic E-state index is 0.0919. The number of carbonyl (C=O) groups excluding carboxylic acids is 1. The van der Waals surface area contributed by atoms with Gasteiger partial charge in [0, 0.05) is 24.2 Å². The quantitative estimate of drug-likeness (QED) is 0.902. The van der Waals surface area contributed by atoms with Crippen molar-refractivity contribution in [3.05, 3.63) is 23.2 Å². The number of pyridine rings is 1. The average molecular weight is 290 g/mol. The van der Waals surface area contributed by atoms with Crippen LogP contribution in [0.15, 0.2) is 18.3 Å². The second-order valence-electron chi connectivity index (χ2n) is 5.19. The number of nitrogen functional groups attached to an aromatic ring is 1. The molecule has 0 bridgehead atoms. The van der Waals surface area contributed by atoms with Gasteiger partial charge in [0.1, 0.15) is 9.71 Å². The number of fused-ring (bicyclic) bond motifs is 1. The number of hydrogen-bond donors (Lipinski definition) is 2. The summed E-state index contributed by atoms with van der Waals surface area (Å²) in [6.07, 6.45) is 4.06. The highest BCUT2D eigenvalue weighted by Gasteiger charge is 2.23. The Labute approximate surface area is 121 Å². The molecule has 3 rings (SSSR count). The predicted molar refractivity (Wildman–Crippen MR) is 82.0 cm³/mol. The first-order valence-electron chi connectivity index (χ1n) is 6.78. The molecule has 6 heteroatoms. The van der Waals surface area contributed by atoms with E-state index in [2.05, 4.69) is 22.2 Å². The number of carbonyl (C=O) groups is 1. The number of hydrogen-bond acceptors (Lipinski definition) is 5. The van der Waals surface area contributed by atoms with Crippen LogP contribution in [0.4, 0.5) is 5.69 Å². The zero-order valence-electron chi connectivity index (χ0n) is 11.4. The fraction of sp³-hybridized carbons (Fsp3) is 0.429. The van der Waals surface area contributed by atoms with Gasteiger partial charge in [0.2, 0.25) is 0 Å². The van der Waals surface area contributed by atoms with Crippen molar-refractivity contribution in [2.45, 2.75) is 18.9 Å². The number of amides is 1. The van der Waals surface area contributed by atoms with Crippen LogP contribution in [0.25, 0.3) is 10.2 Å². The number of likely N-dealkylation sites (tertiary alicyclic amines) is 1. The van der Waals surface area contributed by atoms with Gasteiger partial charge in [-0.3, -0.25) is 4.79 Å². The van der Waals surface area contributed by atoms with Crippen LogP contribution in [-0.4, -0.2) is 42.0 Å². The van der Waals surface area contributed by atoms with Crippen LogP contribution in [0.1, 0.15) is 22.5 Å². The molecule has 106 valence electrons. The van der Waals surface area contributed by atoms with Crippen molar-refractivity contribution in [1.82, 2.24) is 15.2 Å². The molecule has 3 heterocycles. The first kappa shape index (κ1) is 13.3. The molecule has 1 aliphatic heterocycles. The normalized spacial score (nSPS) is 19.6. The Kier molecular flexibility index (Phi) is 3.58. The number of nitrogens with two attached hydrogens (primary N) is 1. The van der Waals surface area contributed by atoms with E-state index >= 15 is 0 Å². The van der Waals surface area contributed by atoms with E-state index in [0.717, 1.165) is 23.2 Å². The lowest BCUT2D eigenvalue weighted by Crippen LogP contribution is -2.38. The molecule has 2 aromatic rings. The maximum Gasteiger partial charge on any atom is 0.263 e. The van der Waals surface area contributed by atoms with Crippen molar-refractivity contribution >= 4 is 33.1 Å². The van der Waals surface area contributed by atoms with Gasteiger partial charge < -0.3 is 16.0 Å². The Morgan fingerprint density at radius 1 is 1.65 bits per heavy atom. The number of thiophene rings is 1. The number of anilines is 1. The minimum Gasteiger partial charge on any atom is -0.397 e. The van der Waals surface area contributed by atoms with Gasteiger partial charge in [-0.25, -0.2) is 4.98 Å². The molecule has 2 aromatic heterocycles. The zero-order chi connectivity index (χ0) is 14.1. The van der Waals surface area contributed by atoms with Gasteiger partial charge in [-0.05, 0) is 38.6 Å². The summed E-state index contributed by atoms with van der Waals surface area (Å²) in [5, 5.41) is 3.86. The number of rotatable bonds is 3. The molecule has 5 nitrogen and oxygen atoms in total. The Bertz CT molecular complexity index is 639. The molecule has 3 N–H and O–H groups in total. The summed E-state index contributed by atoms with van der Waals surface area (Å²) in [5.41, 5.74) is 6.59. The lowest BCUT2D eigenvalue weighted by molar-refractivity contribution is 0.0948. The van der Waals surface area contributed by atoms with Crippen LogP contribution in [0, 0.1) is 0 Å². The molecule has 0 saturated carbocycles. The minimum atomic E-state index is -0.0919. The molecule has 1 amide bonds. The molecular weight excluding hydrogens is 272 g/mol. The second-order valence-corrected chi connectivity index (χ2v) is 6.19. The highest BCUT2D eigenvalue weighted by molar-refractivity contribution is 7.21. The fourth-order valence-electron chi connectivity index (χ4n) is 2.65. The van der Waals surface area contributed by atoms with E-state index in [9.17, 15) is 4.79 Å². The summed E-state index contributed by atoms with van der Waals surface area (Å²) >= 11 is 1.35. The highest BCUT2D eigenvalue weighted by atomic mass is 32.1. The lowest BCUT2D eigenvalue weighted by Gasteiger charge is -2.19. The van der Waals surface area contributed by atoms with Gasteiger partial charge in [-0.1, -0.05) is 0 Å². The molecule has 1 atom stereocenters. The monoisotopic (exact) mass is 290 g/mol. The molecule has 20 heavy (non-hydrogen) atoms. The maximum absolute atomic E-state index is 12.3.